The molecular formula is C11H19NO4S2. The zero-order valence-corrected chi connectivity index (χ0v) is 12.5. The summed E-state index contributed by atoms with van der Waals surface area (Å²) in [5, 5.41) is 8.95. The van der Waals surface area contributed by atoms with Gasteiger partial charge in [0.2, 0.25) is 10.0 Å². The third-order valence-electron chi connectivity index (χ3n) is 2.59. The quantitative estimate of drug-likeness (QED) is 0.771. The largest absolute Gasteiger partial charge is 0.462 e. The number of hydrogen-bond donors (Lipinski definition) is 1. The molecule has 0 radical (unpaired) electrons. The van der Waals surface area contributed by atoms with Crippen LogP contribution in [0.1, 0.15) is 17.9 Å². The molecule has 1 N–H and O–H groups in total. The molecule has 7 heteroatoms. The van der Waals surface area contributed by atoms with Crippen molar-refractivity contribution in [3.05, 3.63) is 17.6 Å². The minimum atomic E-state index is -3.52. The van der Waals surface area contributed by atoms with Gasteiger partial charge in [-0.15, -0.1) is 0 Å². The van der Waals surface area contributed by atoms with Crippen LogP contribution in [-0.4, -0.2) is 43.4 Å². The summed E-state index contributed by atoms with van der Waals surface area (Å²) in [6, 6.07) is 1.38. The van der Waals surface area contributed by atoms with E-state index in [1.807, 2.05) is 6.26 Å². The van der Waals surface area contributed by atoms with E-state index < -0.39 is 10.0 Å². The summed E-state index contributed by atoms with van der Waals surface area (Å²) < 4.78 is 31.0. The molecule has 0 fully saturated rings. The molecule has 0 aliphatic rings. The molecule has 1 heterocycles. The highest BCUT2D eigenvalue weighted by Gasteiger charge is 2.25. The first-order chi connectivity index (χ1) is 8.43. The molecule has 0 unspecified atom stereocenters. The van der Waals surface area contributed by atoms with Gasteiger partial charge in [0.05, 0.1) is 0 Å². The first-order valence-electron chi connectivity index (χ1n) is 5.59. The molecule has 0 spiro atoms. The lowest BCUT2D eigenvalue weighted by Gasteiger charge is -2.16. The molecular weight excluding hydrogens is 274 g/mol. The molecule has 0 aromatic carbocycles. The van der Waals surface area contributed by atoms with Gasteiger partial charge in [0, 0.05) is 19.7 Å². The van der Waals surface area contributed by atoms with E-state index in [0.29, 0.717) is 12.3 Å². The summed E-state index contributed by atoms with van der Waals surface area (Å²) in [7, 11) is -1.96. The van der Waals surface area contributed by atoms with Gasteiger partial charge in [-0.2, -0.15) is 11.8 Å². The number of sulfonamides is 1. The SMILES string of the molecule is CSCCCN(C)S(=O)(=O)c1cc(CO)oc1C. The molecule has 5 nitrogen and oxygen atoms in total. The number of hydrogen-bond acceptors (Lipinski definition) is 5. The van der Waals surface area contributed by atoms with E-state index in [1.165, 1.54) is 10.4 Å². The van der Waals surface area contributed by atoms with Gasteiger partial charge >= 0.3 is 0 Å². The molecule has 0 aliphatic carbocycles. The van der Waals surface area contributed by atoms with Gasteiger partial charge in [-0.25, -0.2) is 12.7 Å². The first-order valence-corrected chi connectivity index (χ1v) is 8.42. The number of nitrogens with zero attached hydrogens (tertiary/aromatic N) is 1. The van der Waals surface area contributed by atoms with Crippen molar-refractivity contribution < 1.29 is 17.9 Å². The lowest BCUT2D eigenvalue weighted by atomic mass is 10.4. The Morgan fingerprint density at radius 2 is 2.17 bits per heavy atom. The van der Waals surface area contributed by atoms with Crippen LogP contribution in [0.25, 0.3) is 0 Å². The average molecular weight is 293 g/mol. The molecule has 0 bridgehead atoms. The highest BCUT2D eigenvalue weighted by Crippen LogP contribution is 2.23. The second kappa shape index (κ2) is 6.60. The Balaban J connectivity index is 2.87. The molecule has 1 rings (SSSR count). The van der Waals surface area contributed by atoms with Crippen molar-refractivity contribution in [1.29, 1.82) is 0 Å². The highest BCUT2D eigenvalue weighted by atomic mass is 32.2. The Labute approximate surface area is 112 Å². The van der Waals surface area contributed by atoms with E-state index in [1.54, 1.807) is 25.7 Å². The number of aryl methyl sites for hydroxylation is 1. The number of aliphatic hydroxyl groups excluding tert-OH is 1. The maximum atomic E-state index is 12.3. The van der Waals surface area contributed by atoms with Crippen molar-refractivity contribution in [2.24, 2.45) is 0 Å². The fourth-order valence-corrected chi connectivity index (χ4v) is 3.39. The van der Waals surface area contributed by atoms with Crippen LogP contribution in [0.4, 0.5) is 0 Å². The lowest BCUT2D eigenvalue weighted by Crippen LogP contribution is -2.28. The van der Waals surface area contributed by atoms with Gasteiger partial charge in [0.1, 0.15) is 23.0 Å². The molecule has 0 amide bonds. The molecule has 104 valence electrons. The van der Waals surface area contributed by atoms with Crippen LogP contribution in [0.2, 0.25) is 0 Å². The molecule has 0 atom stereocenters. The zero-order chi connectivity index (χ0) is 13.8. The minimum Gasteiger partial charge on any atom is -0.462 e. The predicted octanol–water partition coefficient (Wildman–Crippen LogP) is 1.45. The number of thioether (sulfide) groups is 1. The Morgan fingerprint density at radius 1 is 1.50 bits per heavy atom. The van der Waals surface area contributed by atoms with Gasteiger partial charge in [-0.3, -0.25) is 0 Å². The summed E-state index contributed by atoms with van der Waals surface area (Å²) in [5.41, 5.74) is 0. The van der Waals surface area contributed by atoms with E-state index in [4.69, 9.17) is 9.52 Å². The Hall–Kier alpha value is -0.500. The highest BCUT2D eigenvalue weighted by molar-refractivity contribution is 7.98. The first kappa shape index (κ1) is 15.6. The third kappa shape index (κ3) is 3.50. The second-order valence-corrected chi connectivity index (χ2v) is 6.96. The third-order valence-corrected chi connectivity index (χ3v) is 5.25. The predicted molar refractivity (Wildman–Crippen MR) is 72.2 cm³/mol. The summed E-state index contributed by atoms with van der Waals surface area (Å²) >= 11 is 1.69. The average Bonchev–Trinajstić information content (AvgIpc) is 2.71. The van der Waals surface area contributed by atoms with Crippen LogP contribution in [0, 0.1) is 6.92 Å². The summed E-state index contributed by atoms with van der Waals surface area (Å²) in [4.78, 5) is 0.137. The van der Waals surface area contributed by atoms with Crippen LogP contribution in [0.3, 0.4) is 0 Å². The Kier molecular flexibility index (Phi) is 5.71. The van der Waals surface area contributed by atoms with Crippen molar-refractivity contribution in [3.63, 3.8) is 0 Å². The number of rotatable bonds is 7. The van der Waals surface area contributed by atoms with Gasteiger partial charge in [0.25, 0.3) is 0 Å². The van der Waals surface area contributed by atoms with Gasteiger partial charge in [-0.05, 0) is 25.4 Å². The maximum Gasteiger partial charge on any atom is 0.246 e. The molecule has 0 aliphatic heterocycles. The maximum absolute atomic E-state index is 12.3. The van der Waals surface area contributed by atoms with E-state index in [9.17, 15) is 8.42 Å². The number of furan rings is 1. The van der Waals surface area contributed by atoms with Crippen molar-refractivity contribution >= 4 is 21.8 Å². The van der Waals surface area contributed by atoms with Crippen molar-refractivity contribution in [2.75, 3.05) is 25.6 Å². The van der Waals surface area contributed by atoms with Crippen molar-refractivity contribution in [3.8, 4) is 0 Å². The zero-order valence-electron chi connectivity index (χ0n) is 10.8. The summed E-state index contributed by atoms with van der Waals surface area (Å²) in [6.07, 6.45) is 2.79. The topological polar surface area (TPSA) is 70.8 Å². The fraction of sp³-hybridized carbons (Fsp3) is 0.636. The second-order valence-electron chi connectivity index (χ2n) is 3.96. The van der Waals surface area contributed by atoms with Crippen molar-refractivity contribution in [1.82, 2.24) is 4.31 Å². The van der Waals surface area contributed by atoms with Gasteiger partial charge in [-0.1, -0.05) is 0 Å². The van der Waals surface area contributed by atoms with Gasteiger partial charge in [0.15, 0.2) is 0 Å². The van der Waals surface area contributed by atoms with E-state index in [0.717, 1.165) is 12.2 Å². The molecule has 0 saturated carbocycles. The lowest BCUT2D eigenvalue weighted by molar-refractivity contribution is 0.244. The Morgan fingerprint density at radius 3 is 2.67 bits per heavy atom. The van der Waals surface area contributed by atoms with E-state index >= 15 is 0 Å². The Bertz CT molecular complexity index is 481. The monoisotopic (exact) mass is 293 g/mol. The van der Waals surface area contributed by atoms with Crippen LogP contribution in [0.5, 0.6) is 0 Å². The normalized spacial score (nSPS) is 12.3. The van der Waals surface area contributed by atoms with Crippen LogP contribution >= 0.6 is 11.8 Å². The molecule has 1 aromatic heterocycles. The molecule has 0 saturated heterocycles. The van der Waals surface area contributed by atoms with Crippen molar-refractivity contribution in [2.45, 2.75) is 24.8 Å². The van der Waals surface area contributed by atoms with Crippen LogP contribution in [-0.2, 0) is 16.6 Å². The molecule has 18 heavy (non-hydrogen) atoms. The van der Waals surface area contributed by atoms with E-state index in [-0.39, 0.29) is 17.3 Å². The smallest absolute Gasteiger partial charge is 0.246 e. The standard InChI is InChI=1S/C11H19NO4S2/c1-9-11(7-10(8-13)16-9)18(14,15)12(2)5-4-6-17-3/h7,13H,4-6,8H2,1-3H3. The van der Waals surface area contributed by atoms with Crippen LogP contribution < -0.4 is 0 Å². The van der Waals surface area contributed by atoms with Gasteiger partial charge < -0.3 is 9.52 Å². The number of aliphatic hydroxyl groups is 1. The summed E-state index contributed by atoms with van der Waals surface area (Å²) in [5.74, 6) is 1.51. The minimum absolute atomic E-state index is 0.137. The fourth-order valence-electron chi connectivity index (χ4n) is 1.58. The summed E-state index contributed by atoms with van der Waals surface area (Å²) in [6.45, 7) is 1.76. The van der Waals surface area contributed by atoms with E-state index in [2.05, 4.69) is 0 Å². The molecule has 1 aromatic rings. The van der Waals surface area contributed by atoms with Crippen LogP contribution in [0.15, 0.2) is 15.4 Å².